The minimum absolute atomic E-state index is 0.0162. The van der Waals surface area contributed by atoms with Crippen molar-refractivity contribution < 1.29 is 4.79 Å². The highest BCUT2D eigenvalue weighted by molar-refractivity contribution is 5.96. The fourth-order valence-corrected chi connectivity index (χ4v) is 3.05. The molecule has 130 valence electrons. The molecule has 24 heavy (non-hydrogen) atoms. The summed E-state index contributed by atoms with van der Waals surface area (Å²) in [7, 11) is 1.87. The van der Waals surface area contributed by atoms with Crippen molar-refractivity contribution >= 4 is 5.91 Å². The lowest BCUT2D eigenvalue weighted by Crippen LogP contribution is -2.29. The molecule has 0 aliphatic heterocycles. The Bertz CT molecular complexity index is 700. The summed E-state index contributed by atoms with van der Waals surface area (Å²) in [6, 6.07) is 8.65. The lowest BCUT2D eigenvalue weighted by molar-refractivity contribution is 0.0934. The van der Waals surface area contributed by atoms with Crippen LogP contribution in [0.5, 0.6) is 0 Å². The Labute approximate surface area is 145 Å². The summed E-state index contributed by atoms with van der Waals surface area (Å²) in [6.45, 7) is 10.3. The Morgan fingerprint density at radius 3 is 2.17 bits per heavy atom. The molecule has 0 saturated heterocycles. The number of nitrogens with zero attached hydrogens (tertiary/aromatic N) is 2. The fourth-order valence-electron chi connectivity index (χ4n) is 3.05. The highest BCUT2D eigenvalue weighted by Crippen LogP contribution is 2.23. The standard InChI is InChI=1S/C20H29N3O/c1-7-13(3)16-9-11-17(12-10-16)18(8-2)21-20(24)19-14(4)22-23(6)15(19)5/h9-13,18H,7-8H2,1-6H3,(H,21,24). The van der Waals surface area contributed by atoms with Crippen molar-refractivity contribution in [1.29, 1.82) is 0 Å². The molecule has 0 saturated carbocycles. The first-order valence-electron chi connectivity index (χ1n) is 8.79. The summed E-state index contributed by atoms with van der Waals surface area (Å²) in [4.78, 5) is 12.7. The molecule has 2 rings (SSSR count). The first-order valence-corrected chi connectivity index (χ1v) is 8.79. The number of hydrogen-bond acceptors (Lipinski definition) is 2. The second-order valence-corrected chi connectivity index (χ2v) is 6.58. The molecule has 2 unspecified atom stereocenters. The molecule has 1 N–H and O–H groups in total. The number of nitrogens with one attached hydrogen (secondary N) is 1. The van der Waals surface area contributed by atoms with Crippen LogP contribution in [0, 0.1) is 13.8 Å². The van der Waals surface area contributed by atoms with Crippen molar-refractivity contribution in [3.63, 3.8) is 0 Å². The van der Waals surface area contributed by atoms with Crippen LogP contribution in [0.2, 0.25) is 0 Å². The Hall–Kier alpha value is -2.10. The molecule has 2 atom stereocenters. The number of carbonyl (C=O) groups excluding carboxylic acids is 1. The molecule has 4 nitrogen and oxygen atoms in total. The lowest BCUT2D eigenvalue weighted by atomic mass is 9.95. The molecule has 0 aliphatic rings. The van der Waals surface area contributed by atoms with Crippen LogP contribution in [0.4, 0.5) is 0 Å². The minimum Gasteiger partial charge on any atom is -0.345 e. The number of amides is 1. The minimum atomic E-state index is -0.0454. The predicted molar refractivity (Wildman–Crippen MR) is 98.3 cm³/mol. The van der Waals surface area contributed by atoms with E-state index in [-0.39, 0.29) is 11.9 Å². The zero-order chi connectivity index (χ0) is 17.9. The van der Waals surface area contributed by atoms with Gasteiger partial charge in [0.2, 0.25) is 0 Å². The molecule has 1 aromatic carbocycles. The van der Waals surface area contributed by atoms with Crippen molar-refractivity contribution in [2.45, 2.75) is 59.4 Å². The van der Waals surface area contributed by atoms with E-state index in [1.807, 2.05) is 20.9 Å². The van der Waals surface area contributed by atoms with Crippen molar-refractivity contribution in [3.05, 3.63) is 52.3 Å². The van der Waals surface area contributed by atoms with Crippen LogP contribution in [-0.4, -0.2) is 15.7 Å². The Balaban J connectivity index is 2.18. The number of hydrogen-bond donors (Lipinski definition) is 1. The van der Waals surface area contributed by atoms with E-state index >= 15 is 0 Å². The topological polar surface area (TPSA) is 46.9 Å². The van der Waals surface area contributed by atoms with Crippen LogP contribution in [-0.2, 0) is 7.05 Å². The third-order valence-corrected chi connectivity index (χ3v) is 4.97. The third-order valence-electron chi connectivity index (χ3n) is 4.97. The highest BCUT2D eigenvalue weighted by Gasteiger charge is 2.20. The molecular formula is C20H29N3O. The third kappa shape index (κ3) is 3.69. The molecule has 0 aliphatic carbocycles. The van der Waals surface area contributed by atoms with E-state index in [1.165, 1.54) is 5.56 Å². The SMILES string of the molecule is CCC(C)c1ccc(C(CC)NC(=O)c2c(C)nn(C)c2C)cc1. The smallest absolute Gasteiger partial charge is 0.255 e. The van der Waals surface area contributed by atoms with E-state index in [2.05, 4.69) is 55.5 Å². The van der Waals surface area contributed by atoms with Crippen molar-refractivity contribution in [2.24, 2.45) is 7.05 Å². The van der Waals surface area contributed by atoms with Crippen molar-refractivity contribution in [3.8, 4) is 0 Å². The molecule has 0 fully saturated rings. The van der Waals surface area contributed by atoms with E-state index in [4.69, 9.17) is 0 Å². The van der Waals surface area contributed by atoms with Gasteiger partial charge in [-0.2, -0.15) is 5.10 Å². The maximum Gasteiger partial charge on any atom is 0.255 e. The molecule has 2 aromatic rings. The summed E-state index contributed by atoms with van der Waals surface area (Å²) >= 11 is 0. The summed E-state index contributed by atoms with van der Waals surface area (Å²) in [6.07, 6.45) is 1.99. The van der Waals surface area contributed by atoms with Gasteiger partial charge in [-0.3, -0.25) is 9.48 Å². The highest BCUT2D eigenvalue weighted by atomic mass is 16.1. The lowest BCUT2D eigenvalue weighted by Gasteiger charge is -2.19. The first kappa shape index (κ1) is 18.2. The summed E-state index contributed by atoms with van der Waals surface area (Å²) in [5.41, 5.74) is 4.85. The molecule has 1 aromatic heterocycles. The molecule has 0 bridgehead atoms. The van der Waals surface area contributed by atoms with Gasteiger partial charge >= 0.3 is 0 Å². The van der Waals surface area contributed by atoms with Gasteiger partial charge in [-0.25, -0.2) is 0 Å². The quantitative estimate of drug-likeness (QED) is 0.853. The van der Waals surface area contributed by atoms with Gasteiger partial charge in [-0.15, -0.1) is 0 Å². The van der Waals surface area contributed by atoms with Crippen LogP contribution in [0.3, 0.4) is 0 Å². The Morgan fingerprint density at radius 2 is 1.71 bits per heavy atom. The van der Waals surface area contributed by atoms with E-state index in [0.29, 0.717) is 11.5 Å². The first-order chi connectivity index (χ1) is 11.4. The number of aromatic nitrogens is 2. The Kier molecular flexibility index (Phi) is 5.81. The van der Waals surface area contributed by atoms with Crippen LogP contribution in [0.15, 0.2) is 24.3 Å². The molecule has 4 heteroatoms. The average Bonchev–Trinajstić information content (AvgIpc) is 2.84. The van der Waals surface area contributed by atoms with Gasteiger partial charge in [0, 0.05) is 12.7 Å². The summed E-state index contributed by atoms with van der Waals surface area (Å²) in [5.74, 6) is 0.519. The monoisotopic (exact) mass is 327 g/mol. The van der Waals surface area contributed by atoms with E-state index in [9.17, 15) is 4.79 Å². The number of carbonyl (C=O) groups is 1. The average molecular weight is 327 g/mol. The molecule has 0 spiro atoms. The van der Waals surface area contributed by atoms with Gasteiger partial charge < -0.3 is 5.32 Å². The maximum absolute atomic E-state index is 12.7. The normalized spacial score (nSPS) is 13.6. The number of benzene rings is 1. The summed E-state index contributed by atoms with van der Waals surface area (Å²) < 4.78 is 1.76. The van der Waals surface area contributed by atoms with Crippen LogP contribution < -0.4 is 5.32 Å². The molecular weight excluding hydrogens is 298 g/mol. The molecule has 0 radical (unpaired) electrons. The van der Waals surface area contributed by atoms with Crippen LogP contribution in [0.25, 0.3) is 0 Å². The zero-order valence-electron chi connectivity index (χ0n) is 15.7. The molecule has 1 amide bonds. The fraction of sp³-hybridized carbons (Fsp3) is 0.500. The van der Waals surface area contributed by atoms with Gasteiger partial charge in [-0.1, -0.05) is 45.0 Å². The van der Waals surface area contributed by atoms with Crippen molar-refractivity contribution in [1.82, 2.24) is 15.1 Å². The van der Waals surface area contributed by atoms with Gasteiger partial charge in [-0.05, 0) is 43.7 Å². The van der Waals surface area contributed by atoms with Crippen molar-refractivity contribution in [2.75, 3.05) is 0 Å². The Morgan fingerprint density at radius 1 is 1.12 bits per heavy atom. The van der Waals surface area contributed by atoms with Crippen LogP contribution >= 0.6 is 0 Å². The predicted octanol–water partition coefficient (Wildman–Crippen LogP) is 4.43. The second kappa shape index (κ2) is 7.65. The van der Waals surface area contributed by atoms with E-state index < -0.39 is 0 Å². The van der Waals surface area contributed by atoms with E-state index in [1.54, 1.807) is 4.68 Å². The van der Waals surface area contributed by atoms with Gasteiger partial charge in [0.05, 0.1) is 17.3 Å². The largest absolute Gasteiger partial charge is 0.345 e. The van der Waals surface area contributed by atoms with Gasteiger partial charge in [0.25, 0.3) is 5.91 Å². The number of rotatable bonds is 6. The summed E-state index contributed by atoms with van der Waals surface area (Å²) in [5, 5.41) is 7.50. The maximum atomic E-state index is 12.7. The van der Waals surface area contributed by atoms with E-state index in [0.717, 1.165) is 29.8 Å². The van der Waals surface area contributed by atoms with Gasteiger partial charge in [0.1, 0.15) is 0 Å². The number of aryl methyl sites for hydroxylation is 2. The van der Waals surface area contributed by atoms with Crippen LogP contribution in [0.1, 0.15) is 78.4 Å². The second-order valence-electron chi connectivity index (χ2n) is 6.58. The zero-order valence-corrected chi connectivity index (χ0v) is 15.7. The van der Waals surface area contributed by atoms with Gasteiger partial charge in [0.15, 0.2) is 0 Å². The molecule has 1 heterocycles.